The van der Waals surface area contributed by atoms with Crippen LogP contribution in [0.1, 0.15) is 13.8 Å². The van der Waals surface area contributed by atoms with Crippen molar-refractivity contribution in [3.63, 3.8) is 0 Å². The first-order valence-electron chi connectivity index (χ1n) is 4.46. The summed E-state index contributed by atoms with van der Waals surface area (Å²) in [5, 5.41) is 0. The molecule has 0 aromatic rings. The van der Waals surface area contributed by atoms with Crippen LogP contribution in [-0.2, 0) is 0 Å². The van der Waals surface area contributed by atoms with E-state index >= 15 is 0 Å². The quantitative estimate of drug-likeness (QED) is 0.560. The summed E-state index contributed by atoms with van der Waals surface area (Å²) >= 11 is 0. The van der Waals surface area contributed by atoms with E-state index in [1.807, 2.05) is 0 Å². The highest BCUT2D eigenvalue weighted by molar-refractivity contribution is 4.94. The summed E-state index contributed by atoms with van der Waals surface area (Å²) in [6.45, 7) is 8.44. The summed E-state index contributed by atoms with van der Waals surface area (Å²) in [6.07, 6.45) is 2.20. The fourth-order valence-corrected chi connectivity index (χ4v) is 0.971. The molecule has 0 atom stereocenters. The topological polar surface area (TPSA) is 55.3 Å². The molecule has 0 saturated carbocycles. The molecule has 3 heteroatoms. The average Bonchev–Trinajstić information content (AvgIpc) is 2.01. The average molecular weight is 171 g/mol. The molecule has 0 heterocycles. The van der Waals surface area contributed by atoms with E-state index in [1.54, 1.807) is 0 Å². The van der Waals surface area contributed by atoms with E-state index in [2.05, 4.69) is 24.8 Å². The molecule has 72 valence electrons. The van der Waals surface area contributed by atoms with Gasteiger partial charge in [-0.25, -0.2) is 0 Å². The molecular formula is C9H21N3. The summed E-state index contributed by atoms with van der Waals surface area (Å²) in [5.41, 5.74) is 12.3. The van der Waals surface area contributed by atoms with E-state index in [-0.39, 0.29) is 0 Å². The van der Waals surface area contributed by atoms with Crippen LogP contribution in [0.25, 0.3) is 0 Å². The molecule has 0 saturated heterocycles. The van der Waals surface area contributed by atoms with E-state index in [1.165, 1.54) is 5.57 Å². The lowest BCUT2D eigenvalue weighted by molar-refractivity contribution is 0.319. The summed E-state index contributed by atoms with van der Waals surface area (Å²) in [5.74, 6) is 0. The molecule has 12 heavy (non-hydrogen) atoms. The molecule has 0 amide bonds. The van der Waals surface area contributed by atoms with Crippen LogP contribution < -0.4 is 11.5 Å². The Morgan fingerprint density at radius 2 is 1.67 bits per heavy atom. The summed E-state index contributed by atoms with van der Waals surface area (Å²) in [7, 11) is 0. The van der Waals surface area contributed by atoms with Gasteiger partial charge in [0, 0.05) is 32.7 Å². The third-order valence-corrected chi connectivity index (χ3v) is 1.65. The van der Waals surface area contributed by atoms with Gasteiger partial charge in [0.2, 0.25) is 0 Å². The van der Waals surface area contributed by atoms with Crippen LogP contribution in [-0.4, -0.2) is 37.6 Å². The number of hydrogen-bond acceptors (Lipinski definition) is 3. The van der Waals surface area contributed by atoms with E-state index in [4.69, 9.17) is 11.5 Å². The van der Waals surface area contributed by atoms with Crippen molar-refractivity contribution in [1.29, 1.82) is 0 Å². The SMILES string of the molecule is CC(C)=CCN(CCN)CCN. The van der Waals surface area contributed by atoms with Gasteiger partial charge in [0.15, 0.2) is 0 Å². The van der Waals surface area contributed by atoms with Gasteiger partial charge in [-0.1, -0.05) is 11.6 Å². The van der Waals surface area contributed by atoms with E-state index in [0.717, 1.165) is 19.6 Å². The molecule has 0 aromatic heterocycles. The van der Waals surface area contributed by atoms with Gasteiger partial charge in [0.05, 0.1) is 0 Å². The van der Waals surface area contributed by atoms with Gasteiger partial charge in [0.25, 0.3) is 0 Å². The Morgan fingerprint density at radius 1 is 1.17 bits per heavy atom. The van der Waals surface area contributed by atoms with Crippen LogP contribution in [0.4, 0.5) is 0 Å². The number of nitrogens with zero attached hydrogens (tertiary/aromatic N) is 1. The van der Waals surface area contributed by atoms with Crippen molar-refractivity contribution in [2.24, 2.45) is 11.5 Å². The number of rotatable bonds is 6. The van der Waals surface area contributed by atoms with Gasteiger partial charge < -0.3 is 11.5 Å². The molecule has 0 fully saturated rings. The summed E-state index contributed by atoms with van der Waals surface area (Å²) in [4.78, 5) is 2.26. The van der Waals surface area contributed by atoms with E-state index in [0.29, 0.717) is 13.1 Å². The number of allylic oxidation sites excluding steroid dienone is 1. The number of nitrogens with two attached hydrogens (primary N) is 2. The normalized spacial score (nSPS) is 10.4. The van der Waals surface area contributed by atoms with Crippen molar-refractivity contribution in [3.8, 4) is 0 Å². The second kappa shape index (κ2) is 7.28. The summed E-state index contributed by atoms with van der Waals surface area (Å²) < 4.78 is 0. The highest BCUT2D eigenvalue weighted by Crippen LogP contribution is 1.92. The molecule has 0 bridgehead atoms. The van der Waals surface area contributed by atoms with Crippen molar-refractivity contribution in [2.45, 2.75) is 13.8 Å². The molecule has 0 radical (unpaired) electrons. The third-order valence-electron chi connectivity index (χ3n) is 1.65. The molecule has 0 aromatic carbocycles. The largest absolute Gasteiger partial charge is 0.329 e. The lowest BCUT2D eigenvalue weighted by atomic mass is 10.3. The molecule has 4 N–H and O–H groups in total. The predicted octanol–water partition coefficient (Wildman–Crippen LogP) is 0.172. The monoisotopic (exact) mass is 171 g/mol. The lowest BCUT2D eigenvalue weighted by Crippen LogP contribution is -2.34. The smallest absolute Gasteiger partial charge is 0.0166 e. The lowest BCUT2D eigenvalue weighted by Gasteiger charge is -2.18. The third kappa shape index (κ3) is 6.34. The first-order valence-corrected chi connectivity index (χ1v) is 4.46. The van der Waals surface area contributed by atoms with Crippen molar-refractivity contribution in [2.75, 3.05) is 32.7 Å². The minimum absolute atomic E-state index is 0.705. The van der Waals surface area contributed by atoms with Crippen molar-refractivity contribution < 1.29 is 0 Å². The maximum Gasteiger partial charge on any atom is 0.0166 e. The zero-order valence-electron chi connectivity index (χ0n) is 8.21. The van der Waals surface area contributed by atoms with Crippen LogP contribution in [0.2, 0.25) is 0 Å². The van der Waals surface area contributed by atoms with Gasteiger partial charge in [-0.2, -0.15) is 0 Å². The zero-order chi connectivity index (χ0) is 9.40. The Bertz CT molecular complexity index is 122. The first-order chi connectivity index (χ1) is 5.70. The van der Waals surface area contributed by atoms with Gasteiger partial charge in [-0.15, -0.1) is 0 Å². The molecule has 0 aliphatic rings. The van der Waals surface area contributed by atoms with E-state index in [9.17, 15) is 0 Å². The molecule has 0 aliphatic carbocycles. The van der Waals surface area contributed by atoms with E-state index < -0.39 is 0 Å². The van der Waals surface area contributed by atoms with Crippen LogP contribution in [0.5, 0.6) is 0 Å². The molecule has 0 unspecified atom stereocenters. The Morgan fingerprint density at radius 3 is 2.00 bits per heavy atom. The van der Waals surface area contributed by atoms with Crippen molar-refractivity contribution in [1.82, 2.24) is 4.90 Å². The zero-order valence-corrected chi connectivity index (χ0v) is 8.21. The molecule has 0 rings (SSSR count). The number of hydrogen-bond donors (Lipinski definition) is 2. The van der Waals surface area contributed by atoms with Gasteiger partial charge in [-0.3, -0.25) is 4.90 Å². The molecule has 0 aliphatic heterocycles. The maximum absolute atomic E-state index is 5.46. The molecular weight excluding hydrogens is 150 g/mol. The highest BCUT2D eigenvalue weighted by atomic mass is 15.1. The minimum Gasteiger partial charge on any atom is -0.329 e. The van der Waals surface area contributed by atoms with Crippen molar-refractivity contribution in [3.05, 3.63) is 11.6 Å². The first kappa shape index (κ1) is 11.6. The summed E-state index contributed by atoms with van der Waals surface area (Å²) in [6, 6.07) is 0. The second-order valence-corrected chi connectivity index (χ2v) is 3.16. The Hall–Kier alpha value is -0.380. The minimum atomic E-state index is 0.705. The van der Waals surface area contributed by atoms with Crippen LogP contribution in [0.3, 0.4) is 0 Å². The van der Waals surface area contributed by atoms with Crippen LogP contribution in [0.15, 0.2) is 11.6 Å². The Kier molecular flexibility index (Phi) is 7.05. The van der Waals surface area contributed by atoms with Gasteiger partial charge in [-0.05, 0) is 13.8 Å². The molecule has 3 nitrogen and oxygen atoms in total. The second-order valence-electron chi connectivity index (χ2n) is 3.16. The van der Waals surface area contributed by atoms with Gasteiger partial charge >= 0.3 is 0 Å². The maximum atomic E-state index is 5.46. The molecule has 0 spiro atoms. The van der Waals surface area contributed by atoms with Crippen LogP contribution >= 0.6 is 0 Å². The predicted molar refractivity (Wildman–Crippen MR) is 54.0 cm³/mol. The Balaban J connectivity index is 3.69. The fourth-order valence-electron chi connectivity index (χ4n) is 0.971. The standard InChI is InChI=1S/C9H21N3/c1-9(2)3-6-12(7-4-10)8-5-11/h3H,4-8,10-11H2,1-2H3. The fraction of sp³-hybridized carbons (Fsp3) is 0.778. The van der Waals surface area contributed by atoms with Crippen molar-refractivity contribution >= 4 is 0 Å². The highest BCUT2D eigenvalue weighted by Gasteiger charge is 1.98. The Labute approximate surface area is 75.4 Å². The van der Waals surface area contributed by atoms with Crippen LogP contribution in [0, 0.1) is 0 Å². The van der Waals surface area contributed by atoms with Gasteiger partial charge in [0.1, 0.15) is 0 Å².